The third kappa shape index (κ3) is 4.21. The molecule has 4 heteroatoms. The van der Waals surface area contributed by atoms with Crippen LogP contribution in [0.2, 0.25) is 10.0 Å². The predicted octanol–water partition coefficient (Wildman–Crippen LogP) is 4.38. The van der Waals surface area contributed by atoms with Crippen LogP contribution in [0.1, 0.15) is 17.9 Å². The Balaban J connectivity index is 2.83. The number of hydrogen-bond acceptors (Lipinski definition) is 2. The molecule has 1 rings (SSSR count). The Bertz CT molecular complexity index is 467. The van der Waals surface area contributed by atoms with E-state index in [0.717, 1.165) is 5.56 Å². The molecule has 0 N–H and O–H groups in total. The summed E-state index contributed by atoms with van der Waals surface area (Å²) in [4.78, 5) is 11.6. The molecule has 0 aromatic heterocycles. The zero-order valence-corrected chi connectivity index (χ0v) is 11.5. The highest BCUT2D eigenvalue weighted by Gasteiger charge is 2.12. The van der Waals surface area contributed by atoms with Gasteiger partial charge in [0.15, 0.2) is 5.78 Å². The molecule has 0 spiro atoms. The van der Waals surface area contributed by atoms with E-state index in [-0.39, 0.29) is 11.7 Å². The summed E-state index contributed by atoms with van der Waals surface area (Å²) in [6.45, 7) is 3.74. The number of rotatable bonds is 6. The first-order valence-corrected chi connectivity index (χ1v) is 6.13. The Morgan fingerprint density at radius 3 is 2.72 bits per heavy atom. The fourth-order valence-corrected chi connectivity index (χ4v) is 1.82. The predicted molar refractivity (Wildman–Crippen MR) is 75.2 cm³/mol. The molecule has 1 aromatic rings. The zero-order valence-electron chi connectivity index (χ0n) is 10.0. The lowest BCUT2D eigenvalue weighted by atomic mass is 9.94. The van der Waals surface area contributed by atoms with Crippen molar-refractivity contribution in [1.82, 2.24) is 0 Å². The lowest BCUT2D eigenvalue weighted by Gasteiger charge is -2.11. The molecule has 0 aliphatic heterocycles. The van der Waals surface area contributed by atoms with Crippen molar-refractivity contribution >= 4 is 29.0 Å². The average Bonchev–Trinajstić information content (AvgIpc) is 2.37. The molecule has 0 fully saturated rings. The highest BCUT2D eigenvalue weighted by Crippen LogP contribution is 2.28. The normalized spacial score (nSPS) is 12.4. The van der Waals surface area contributed by atoms with Gasteiger partial charge in [0.1, 0.15) is 0 Å². The number of hydrogen-bond donors (Lipinski definition) is 0. The van der Waals surface area contributed by atoms with Crippen LogP contribution >= 0.6 is 23.2 Å². The first kappa shape index (κ1) is 14.8. The summed E-state index contributed by atoms with van der Waals surface area (Å²) in [5, 5.41) is 0.967. The third-order valence-electron chi connectivity index (χ3n) is 2.47. The van der Waals surface area contributed by atoms with Gasteiger partial charge in [-0.15, -0.1) is 6.58 Å². The second-order valence-corrected chi connectivity index (χ2v) is 4.54. The minimum absolute atomic E-state index is 0.0344. The summed E-state index contributed by atoms with van der Waals surface area (Å²) in [7, 11) is 1.49. The molecule has 18 heavy (non-hydrogen) atoms. The topological polar surface area (TPSA) is 26.3 Å². The van der Waals surface area contributed by atoms with E-state index in [2.05, 4.69) is 6.58 Å². The molecule has 0 saturated heterocycles. The lowest BCUT2D eigenvalue weighted by molar-refractivity contribution is -0.114. The standard InChI is InChI=1S/C14H14Cl2O2/c1-3-10(8-12(17)6-7-18-2)11-4-5-13(15)14(16)9-11/h3-7,9-10H,1,8H2,2H3/b7-6+/t10-/m0/s1. The van der Waals surface area contributed by atoms with Crippen molar-refractivity contribution in [1.29, 1.82) is 0 Å². The van der Waals surface area contributed by atoms with Gasteiger partial charge in [0.2, 0.25) is 0 Å². The molecule has 0 unspecified atom stereocenters. The van der Waals surface area contributed by atoms with Crippen LogP contribution in [0.3, 0.4) is 0 Å². The molecule has 0 heterocycles. The minimum atomic E-state index is -0.0891. The van der Waals surface area contributed by atoms with Crippen molar-refractivity contribution < 1.29 is 9.53 Å². The second-order valence-electron chi connectivity index (χ2n) is 3.72. The number of ketones is 1. The molecule has 0 bridgehead atoms. The molecular weight excluding hydrogens is 271 g/mol. The smallest absolute Gasteiger partial charge is 0.159 e. The van der Waals surface area contributed by atoms with Crippen LogP contribution in [0.25, 0.3) is 0 Å². The number of halogens is 2. The summed E-state index contributed by atoms with van der Waals surface area (Å²) < 4.78 is 4.70. The highest BCUT2D eigenvalue weighted by atomic mass is 35.5. The molecule has 0 saturated carbocycles. The summed E-state index contributed by atoms with van der Waals surface area (Å²) in [5.74, 6) is -0.124. The number of ether oxygens (including phenoxy) is 1. The van der Waals surface area contributed by atoms with Crippen molar-refractivity contribution in [3.8, 4) is 0 Å². The van der Waals surface area contributed by atoms with Gasteiger partial charge in [-0.1, -0.05) is 35.3 Å². The van der Waals surface area contributed by atoms with Crippen LogP contribution in [0, 0.1) is 0 Å². The molecule has 1 atom stereocenters. The van der Waals surface area contributed by atoms with Gasteiger partial charge in [-0.2, -0.15) is 0 Å². The number of carbonyl (C=O) groups excluding carboxylic acids is 1. The van der Waals surface area contributed by atoms with Crippen LogP contribution in [-0.4, -0.2) is 12.9 Å². The van der Waals surface area contributed by atoms with Crippen molar-refractivity contribution in [2.24, 2.45) is 0 Å². The van der Waals surface area contributed by atoms with E-state index in [4.69, 9.17) is 27.9 Å². The molecule has 0 aliphatic rings. The van der Waals surface area contributed by atoms with Crippen molar-refractivity contribution in [3.63, 3.8) is 0 Å². The van der Waals surface area contributed by atoms with E-state index in [1.165, 1.54) is 19.4 Å². The number of carbonyl (C=O) groups is 1. The van der Waals surface area contributed by atoms with E-state index in [1.807, 2.05) is 6.07 Å². The van der Waals surface area contributed by atoms with E-state index in [9.17, 15) is 4.79 Å². The lowest BCUT2D eigenvalue weighted by Crippen LogP contribution is -2.03. The van der Waals surface area contributed by atoms with Crippen molar-refractivity contribution in [3.05, 3.63) is 58.8 Å². The first-order valence-electron chi connectivity index (χ1n) is 5.38. The number of allylic oxidation sites excluding steroid dienone is 2. The van der Waals surface area contributed by atoms with E-state index in [0.29, 0.717) is 16.5 Å². The van der Waals surface area contributed by atoms with Crippen molar-refractivity contribution in [2.45, 2.75) is 12.3 Å². The molecule has 1 aromatic carbocycles. The maximum atomic E-state index is 11.6. The van der Waals surface area contributed by atoms with Crippen LogP contribution in [-0.2, 0) is 9.53 Å². The average molecular weight is 285 g/mol. The molecular formula is C14H14Cl2O2. The number of benzene rings is 1. The van der Waals surface area contributed by atoms with Gasteiger partial charge in [-0.3, -0.25) is 4.79 Å². The monoisotopic (exact) mass is 284 g/mol. The van der Waals surface area contributed by atoms with Crippen LogP contribution < -0.4 is 0 Å². The van der Waals surface area contributed by atoms with Crippen LogP contribution in [0.15, 0.2) is 43.2 Å². The van der Waals surface area contributed by atoms with E-state index in [1.54, 1.807) is 18.2 Å². The van der Waals surface area contributed by atoms with E-state index >= 15 is 0 Å². The molecule has 2 nitrogen and oxygen atoms in total. The second kappa shape index (κ2) is 7.24. The maximum Gasteiger partial charge on any atom is 0.159 e. The Kier molecular flexibility index (Phi) is 5.96. The van der Waals surface area contributed by atoms with E-state index < -0.39 is 0 Å². The van der Waals surface area contributed by atoms with Crippen LogP contribution in [0.5, 0.6) is 0 Å². The summed E-state index contributed by atoms with van der Waals surface area (Å²) >= 11 is 11.8. The Labute approximate surface area is 117 Å². The Morgan fingerprint density at radius 2 is 2.17 bits per heavy atom. The van der Waals surface area contributed by atoms with Gasteiger partial charge in [0.05, 0.1) is 23.4 Å². The summed E-state index contributed by atoms with van der Waals surface area (Å²) in [6.07, 6.45) is 4.80. The zero-order chi connectivity index (χ0) is 13.5. The molecule has 0 amide bonds. The van der Waals surface area contributed by atoms with Crippen LogP contribution in [0.4, 0.5) is 0 Å². The first-order chi connectivity index (χ1) is 8.58. The van der Waals surface area contributed by atoms with Gasteiger partial charge in [0.25, 0.3) is 0 Å². The fourth-order valence-electron chi connectivity index (χ4n) is 1.51. The summed E-state index contributed by atoms with van der Waals surface area (Å²) in [6, 6.07) is 5.31. The Hall–Kier alpha value is -1.25. The summed E-state index contributed by atoms with van der Waals surface area (Å²) in [5.41, 5.74) is 0.915. The minimum Gasteiger partial charge on any atom is -0.504 e. The fraction of sp³-hybridized carbons (Fsp3) is 0.214. The van der Waals surface area contributed by atoms with Gasteiger partial charge in [-0.05, 0) is 17.7 Å². The van der Waals surface area contributed by atoms with Gasteiger partial charge >= 0.3 is 0 Å². The quantitative estimate of drug-likeness (QED) is 0.440. The maximum absolute atomic E-state index is 11.6. The Morgan fingerprint density at radius 1 is 1.44 bits per heavy atom. The van der Waals surface area contributed by atoms with Gasteiger partial charge in [0, 0.05) is 18.4 Å². The highest BCUT2D eigenvalue weighted by molar-refractivity contribution is 6.42. The van der Waals surface area contributed by atoms with Crippen molar-refractivity contribution in [2.75, 3.05) is 7.11 Å². The molecule has 96 valence electrons. The van der Waals surface area contributed by atoms with Gasteiger partial charge in [-0.25, -0.2) is 0 Å². The third-order valence-corrected chi connectivity index (χ3v) is 3.21. The largest absolute Gasteiger partial charge is 0.504 e. The molecule has 0 aliphatic carbocycles. The molecule has 0 radical (unpaired) electrons. The van der Waals surface area contributed by atoms with Gasteiger partial charge < -0.3 is 4.74 Å². The SMILES string of the molecule is C=C[C@@H](CC(=O)/C=C/OC)c1ccc(Cl)c(Cl)c1. The number of methoxy groups -OCH3 is 1.